The SMILES string of the molecule is CN(c1nc(C(F)(F)F)ccc1Cl)N1C(=O)[C@H]2[C@H](CC=C3[C@H](C4=COc5ccc(O)cc5C4)[C@]4(c5ccc(Cl)cc5)C(=O)N(Nc5ncc(C(F)(F)F)cc5Cl)C(=O)[C@@H]4C[C@H]32)C1=O. The van der Waals surface area contributed by atoms with Crippen molar-refractivity contribution in [1.29, 1.82) is 0 Å². The summed E-state index contributed by atoms with van der Waals surface area (Å²) in [4.78, 5) is 66.9. The lowest BCUT2D eigenvalue weighted by Crippen LogP contribution is -2.55. The van der Waals surface area contributed by atoms with Gasteiger partial charge in [0.1, 0.15) is 17.2 Å². The molecule has 9 rings (SSSR count). The maximum Gasteiger partial charge on any atom is 0.433 e. The average Bonchev–Trinajstić information content (AvgIpc) is 3.61. The number of nitrogens with one attached hydrogen (secondary N) is 1. The molecule has 0 spiro atoms. The third kappa shape index (κ3) is 6.67. The first kappa shape index (κ1) is 42.5. The first-order valence-corrected chi connectivity index (χ1v) is 20.2. The molecule has 326 valence electrons. The van der Waals surface area contributed by atoms with Gasteiger partial charge in [-0.2, -0.15) is 36.4 Å². The van der Waals surface area contributed by atoms with Crippen molar-refractivity contribution in [3.05, 3.63) is 128 Å². The molecule has 1 saturated carbocycles. The van der Waals surface area contributed by atoms with Gasteiger partial charge in [-0.15, -0.1) is 0 Å². The van der Waals surface area contributed by atoms with Crippen LogP contribution in [0.1, 0.15) is 35.2 Å². The molecule has 5 heterocycles. The van der Waals surface area contributed by atoms with Crippen LogP contribution in [0.4, 0.5) is 38.0 Å². The van der Waals surface area contributed by atoms with Gasteiger partial charge in [-0.1, -0.05) is 58.6 Å². The van der Waals surface area contributed by atoms with Gasteiger partial charge in [0.2, 0.25) is 0 Å². The van der Waals surface area contributed by atoms with E-state index in [0.717, 1.165) is 11.1 Å². The van der Waals surface area contributed by atoms with Crippen LogP contribution in [-0.2, 0) is 43.4 Å². The van der Waals surface area contributed by atoms with E-state index in [1.165, 1.54) is 37.6 Å². The maximum absolute atomic E-state index is 15.5. The van der Waals surface area contributed by atoms with Gasteiger partial charge in [-0.05, 0) is 78.4 Å². The number of aromatic nitrogens is 2. The smallest absolute Gasteiger partial charge is 0.433 e. The van der Waals surface area contributed by atoms with Crippen molar-refractivity contribution in [2.75, 3.05) is 17.5 Å². The predicted molar refractivity (Wildman–Crippen MR) is 213 cm³/mol. The molecule has 2 aromatic carbocycles. The molecule has 2 aromatic heterocycles. The number of phenolic OH excluding ortho intramolecular Hbond substituents is 1. The molecule has 0 unspecified atom stereocenters. The van der Waals surface area contributed by atoms with E-state index in [2.05, 4.69) is 15.4 Å². The number of aromatic hydroxyl groups is 1. The molecule has 2 saturated heterocycles. The van der Waals surface area contributed by atoms with E-state index in [1.807, 2.05) is 0 Å². The molecule has 2 aliphatic carbocycles. The molecular weight excluding hydrogens is 905 g/mol. The number of allylic oxidation sites excluding steroid dienone is 3. The number of imide groups is 2. The van der Waals surface area contributed by atoms with Gasteiger partial charge >= 0.3 is 12.4 Å². The van der Waals surface area contributed by atoms with Gasteiger partial charge < -0.3 is 9.84 Å². The van der Waals surface area contributed by atoms with E-state index < -0.39 is 98.9 Å². The number of hydrazine groups is 2. The monoisotopic (exact) mass is 932 g/mol. The Kier molecular flexibility index (Phi) is 10.0. The van der Waals surface area contributed by atoms with E-state index >= 15 is 9.59 Å². The number of rotatable bonds is 6. The largest absolute Gasteiger partial charge is 0.508 e. The molecule has 63 heavy (non-hydrogen) atoms. The van der Waals surface area contributed by atoms with Crippen LogP contribution >= 0.6 is 34.8 Å². The van der Waals surface area contributed by atoms with Crippen molar-refractivity contribution in [2.24, 2.45) is 29.6 Å². The van der Waals surface area contributed by atoms with Crippen molar-refractivity contribution in [3.63, 3.8) is 0 Å². The first-order chi connectivity index (χ1) is 29.7. The quantitative estimate of drug-likeness (QED) is 0.110. The lowest BCUT2D eigenvalue weighted by molar-refractivity contribution is -0.142. The zero-order chi connectivity index (χ0) is 45.1. The number of fused-ring (bicyclic) bond motifs is 5. The molecule has 6 atom stereocenters. The van der Waals surface area contributed by atoms with Gasteiger partial charge in [0.15, 0.2) is 11.6 Å². The number of carbonyl (C=O) groups excluding carboxylic acids is 4. The minimum Gasteiger partial charge on any atom is -0.508 e. The second-order valence-electron chi connectivity index (χ2n) is 15.7. The summed E-state index contributed by atoms with van der Waals surface area (Å²) >= 11 is 18.9. The summed E-state index contributed by atoms with van der Waals surface area (Å²) in [6.07, 6.45) is -6.36. The number of carbonyl (C=O) groups is 4. The number of amides is 4. The summed E-state index contributed by atoms with van der Waals surface area (Å²) < 4.78 is 88.1. The number of halogens is 9. The highest BCUT2D eigenvalue weighted by molar-refractivity contribution is 6.33. The third-order valence-electron chi connectivity index (χ3n) is 12.4. The molecule has 0 bridgehead atoms. The van der Waals surface area contributed by atoms with Crippen molar-refractivity contribution in [2.45, 2.75) is 37.0 Å². The summed E-state index contributed by atoms with van der Waals surface area (Å²) in [6, 6.07) is 12.7. The van der Waals surface area contributed by atoms with Crippen molar-refractivity contribution in [3.8, 4) is 11.5 Å². The molecular formula is C42H29Cl3F6N6O6. The van der Waals surface area contributed by atoms with Gasteiger partial charge in [0.05, 0.1) is 45.0 Å². The summed E-state index contributed by atoms with van der Waals surface area (Å²) in [7, 11) is 1.17. The third-order valence-corrected chi connectivity index (χ3v) is 13.2. The molecule has 21 heteroatoms. The van der Waals surface area contributed by atoms with Crippen LogP contribution in [0.15, 0.2) is 90.3 Å². The van der Waals surface area contributed by atoms with Crippen molar-refractivity contribution in [1.82, 2.24) is 20.0 Å². The Bertz CT molecular complexity index is 2720. The highest BCUT2D eigenvalue weighted by Gasteiger charge is 2.71. The Balaban J connectivity index is 1.19. The van der Waals surface area contributed by atoms with Gasteiger partial charge in [0.25, 0.3) is 23.6 Å². The van der Waals surface area contributed by atoms with Gasteiger partial charge in [-0.25, -0.2) is 9.97 Å². The fourth-order valence-corrected chi connectivity index (χ4v) is 10.4. The lowest BCUT2D eigenvalue weighted by Gasteiger charge is -2.51. The number of benzene rings is 2. The van der Waals surface area contributed by atoms with Crippen LogP contribution in [0.5, 0.6) is 11.5 Å². The number of alkyl halides is 6. The number of ether oxygens (including phenoxy) is 1. The fraction of sp³-hybridized carbons (Fsp3) is 0.286. The molecule has 2 N–H and O–H groups in total. The predicted octanol–water partition coefficient (Wildman–Crippen LogP) is 8.57. The number of pyridine rings is 2. The van der Waals surface area contributed by atoms with E-state index in [0.29, 0.717) is 56.4 Å². The highest BCUT2D eigenvalue weighted by atomic mass is 35.5. The van der Waals surface area contributed by atoms with Crippen LogP contribution < -0.4 is 15.2 Å². The Labute approximate surface area is 367 Å². The highest BCUT2D eigenvalue weighted by Crippen LogP contribution is 2.63. The van der Waals surface area contributed by atoms with Crippen LogP contribution in [-0.4, -0.2) is 55.8 Å². The lowest BCUT2D eigenvalue weighted by atomic mass is 9.48. The Morgan fingerprint density at radius 3 is 2.30 bits per heavy atom. The van der Waals surface area contributed by atoms with E-state index in [1.54, 1.807) is 24.3 Å². The number of hydrogen-bond acceptors (Lipinski definition) is 10. The van der Waals surface area contributed by atoms with Crippen molar-refractivity contribution < 1.29 is 55.4 Å². The van der Waals surface area contributed by atoms with Crippen LogP contribution in [0.25, 0.3) is 0 Å². The first-order valence-electron chi connectivity index (χ1n) is 19.1. The fourth-order valence-electron chi connectivity index (χ4n) is 9.79. The molecule has 3 aliphatic heterocycles. The number of hydrogen-bond donors (Lipinski definition) is 2. The molecule has 3 fully saturated rings. The van der Waals surface area contributed by atoms with E-state index in [9.17, 15) is 41.0 Å². The zero-order valence-corrected chi connectivity index (χ0v) is 34.4. The normalized spacial score (nSPS) is 25.5. The van der Waals surface area contributed by atoms with Gasteiger partial charge in [0, 0.05) is 36.2 Å². The second kappa shape index (κ2) is 14.9. The van der Waals surface area contributed by atoms with E-state index in [-0.39, 0.29) is 35.1 Å². The topological polar surface area (TPSA) is 145 Å². The Morgan fingerprint density at radius 2 is 1.62 bits per heavy atom. The molecule has 4 amide bonds. The summed E-state index contributed by atoms with van der Waals surface area (Å²) in [5, 5.41) is 12.1. The average molecular weight is 934 g/mol. The second-order valence-corrected chi connectivity index (χ2v) is 17.0. The van der Waals surface area contributed by atoms with E-state index in [4.69, 9.17) is 39.5 Å². The van der Waals surface area contributed by atoms with Crippen LogP contribution in [0, 0.1) is 29.6 Å². The summed E-state index contributed by atoms with van der Waals surface area (Å²) in [5.74, 6) is -9.77. The Hall–Kier alpha value is -5.85. The number of anilines is 2. The van der Waals surface area contributed by atoms with Gasteiger partial charge in [-0.3, -0.25) is 29.6 Å². The Morgan fingerprint density at radius 1 is 0.889 bits per heavy atom. The van der Waals surface area contributed by atoms with Crippen LogP contribution in [0.2, 0.25) is 15.1 Å². The molecule has 12 nitrogen and oxygen atoms in total. The van der Waals surface area contributed by atoms with Crippen molar-refractivity contribution >= 4 is 70.1 Å². The molecule has 5 aliphatic rings. The molecule has 0 radical (unpaired) electrons. The summed E-state index contributed by atoms with van der Waals surface area (Å²) in [6.45, 7) is 0. The molecule has 4 aromatic rings. The summed E-state index contributed by atoms with van der Waals surface area (Å²) in [5.41, 5.74) is -0.155. The number of nitrogens with zero attached hydrogens (tertiary/aromatic N) is 5. The zero-order valence-electron chi connectivity index (χ0n) is 32.1. The maximum atomic E-state index is 15.5. The number of phenols is 1. The minimum atomic E-state index is -4.89. The standard InChI is InChI=1S/C42H29Cl3F6N6O6/c1-55(35-28(44)9-11-31(53-35)42(49,50)51)57-36(59)25-8-7-24-26(32(25)38(57)61)15-27-37(60)56(54-34-29(45)14-21(16-52-34)41(46,47)48)39(62)40(27,20-2-4-22(43)5-3-20)33(24)19-12-18-13-23(58)6-10-30(18)63-17-19/h2-7,9-11,13-14,16-17,25-27,32-33,58H,8,12,15H2,1H3,(H,52,54)/t25-,26+,27-,32-,33-,40+/m0/s1. The van der Waals surface area contributed by atoms with Crippen LogP contribution in [0.3, 0.4) is 0 Å². The minimum absolute atomic E-state index is 0.0528.